The second-order valence-electron chi connectivity index (χ2n) is 3.50. The average molecular weight is 296 g/mol. The van der Waals surface area contributed by atoms with Crippen molar-refractivity contribution < 1.29 is 4.79 Å². The number of thiazole rings is 1. The van der Waals surface area contributed by atoms with Crippen LogP contribution in [0, 0.1) is 6.92 Å². The monoisotopic (exact) mass is 295 g/mol. The van der Waals surface area contributed by atoms with Crippen molar-refractivity contribution in [3.63, 3.8) is 0 Å². The Morgan fingerprint density at radius 2 is 2.19 bits per heavy atom. The van der Waals surface area contributed by atoms with Crippen LogP contribution in [0.25, 0.3) is 10.6 Å². The van der Waals surface area contributed by atoms with Gasteiger partial charge < -0.3 is 0 Å². The molecule has 0 unspecified atom stereocenters. The van der Waals surface area contributed by atoms with E-state index in [-0.39, 0.29) is 5.78 Å². The van der Waals surface area contributed by atoms with Gasteiger partial charge in [0.05, 0.1) is 10.6 Å². The molecular weight excluding hydrogens is 286 g/mol. The summed E-state index contributed by atoms with van der Waals surface area (Å²) in [4.78, 5) is 16.5. The lowest BCUT2D eigenvalue weighted by molar-refractivity contribution is 0.102. The molecule has 0 aliphatic carbocycles. The van der Waals surface area contributed by atoms with Crippen molar-refractivity contribution in [2.24, 2.45) is 0 Å². The highest BCUT2D eigenvalue weighted by Crippen LogP contribution is 2.29. The van der Waals surface area contributed by atoms with E-state index in [0.717, 1.165) is 25.6 Å². The lowest BCUT2D eigenvalue weighted by Crippen LogP contribution is -1.89. The fourth-order valence-electron chi connectivity index (χ4n) is 1.47. The Balaban J connectivity index is 2.49. The third kappa shape index (κ3) is 2.23. The van der Waals surface area contributed by atoms with Gasteiger partial charge in [0.15, 0.2) is 5.78 Å². The van der Waals surface area contributed by atoms with E-state index in [1.807, 2.05) is 31.2 Å². The third-order valence-electron chi connectivity index (χ3n) is 2.19. The number of hydrogen-bond acceptors (Lipinski definition) is 3. The summed E-state index contributed by atoms with van der Waals surface area (Å²) in [7, 11) is 0. The van der Waals surface area contributed by atoms with Crippen molar-refractivity contribution in [3.05, 3.63) is 39.3 Å². The predicted octanol–water partition coefficient (Wildman–Crippen LogP) is 4.08. The van der Waals surface area contributed by atoms with E-state index in [4.69, 9.17) is 0 Å². The topological polar surface area (TPSA) is 30.0 Å². The largest absolute Gasteiger partial charge is 0.294 e. The SMILES string of the molecule is CC(=O)c1sc(-c2cccc(Br)c2)nc1C. The summed E-state index contributed by atoms with van der Waals surface area (Å²) >= 11 is 4.87. The summed E-state index contributed by atoms with van der Waals surface area (Å²) in [5, 5.41) is 0.893. The fourth-order valence-corrected chi connectivity index (χ4v) is 2.83. The minimum atomic E-state index is 0.0799. The van der Waals surface area contributed by atoms with Crippen molar-refractivity contribution in [3.8, 4) is 10.6 Å². The zero-order chi connectivity index (χ0) is 11.7. The van der Waals surface area contributed by atoms with Gasteiger partial charge in [-0.05, 0) is 19.1 Å². The molecule has 0 saturated carbocycles. The van der Waals surface area contributed by atoms with Crippen molar-refractivity contribution in [1.82, 2.24) is 4.98 Å². The van der Waals surface area contributed by atoms with E-state index < -0.39 is 0 Å². The van der Waals surface area contributed by atoms with Crippen LogP contribution in [0.4, 0.5) is 0 Å². The molecule has 0 atom stereocenters. The second-order valence-corrected chi connectivity index (χ2v) is 5.41. The zero-order valence-electron chi connectivity index (χ0n) is 8.95. The van der Waals surface area contributed by atoms with Crippen molar-refractivity contribution in [1.29, 1.82) is 0 Å². The molecule has 2 rings (SSSR count). The molecule has 0 radical (unpaired) electrons. The summed E-state index contributed by atoms with van der Waals surface area (Å²) in [6.45, 7) is 3.44. The lowest BCUT2D eigenvalue weighted by Gasteiger charge is -1.95. The molecule has 0 saturated heterocycles. The summed E-state index contributed by atoms with van der Waals surface area (Å²) < 4.78 is 1.02. The van der Waals surface area contributed by atoms with Crippen molar-refractivity contribution in [2.45, 2.75) is 13.8 Å². The highest BCUT2D eigenvalue weighted by atomic mass is 79.9. The number of halogens is 1. The molecule has 82 valence electrons. The second kappa shape index (κ2) is 4.47. The van der Waals surface area contributed by atoms with E-state index in [2.05, 4.69) is 20.9 Å². The molecule has 0 aliphatic heterocycles. The molecule has 0 bridgehead atoms. The molecule has 0 amide bonds. The molecule has 2 nitrogen and oxygen atoms in total. The first-order chi connectivity index (χ1) is 7.58. The van der Waals surface area contributed by atoms with E-state index in [0.29, 0.717) is 0 Å². The van der Waals surface area contributed by atoms with E-state index in [9.17, 15) is 4.79 Å². The highest BCUT2D eigenvalue weighted by molar-refractivity contribution is 9.10. The number of benzene rings is 1. The van der Waals surface area contributed by atoms with Crippen LogP contribution in [-0.4, -0.2) is 10.8 Å². The van der Waals surface area contributed by atoms with Crippen LogP contribution in [0.15, 0.2) is 28.7 Å². The Bertz CT molecular complexity index is 548. The van der Waals surface area contributed by atoms with Crippen LogP contribution in [0.2, 0.25) is 0 Å². The molecule has 2 aromatic rings. The number of carbonyl (C=O) groups excluding carboxylic acids is 1. The fraction of sp³-hybridized carbons (Fsp3) is 0.167. The molecule has 0 aliphatic rings. The maximum Gasteiger partial charge on any atom is 0.171 e. The predicted molar refractivity (Wildman–Crippen MR) is 70.0 cm³/mol. The summed E-state index contributed by atoms with van der Waals surface area (Å²) in [6, 6.07) is 7.93. The Morgan fingerprint density at radius 3 is 2.75 bits per heavy atom. The number of Topliss-reactive ketones (excluding diaryl/α,β-unsaturated/α-hetero) is 1. The number of ketones is 1. The van der Waals surface area contributed by atoms with Crippen LogP contribution in [0.1, 0.15) is 22.3 Å². The van der Waals surface area contributed by atoms with Gasteiger partial charge in [0.2, 0.25) is 0 Å². The minimum Gasteiger partial charge on any atom is -0.294 e. The van der Waals surface area contributed by atoms with Gasteiger partial charge in [-0.1, -0.05) is 28.1 Å². The number of carbonyl (C=O) groups is 1. The molecule has 1 aromatic carbocycles. The van der Waals surface area contributed by atoms with Crippen LogP contribution in [0.5, 0.6) is 0 Å². The molecule has 1 aromatic heterocycles. The Hall–Kier alpha value is -1.00. The highest BCUT2D eigenvalue weighted by Gasteiger charge is 2.12. The van der Waals surface area contributed by atoms with Gasteiger partial charge in [0, 0.05) is 17.0 Å². The quantitative estimate of drug-likeness (QED) is 0.781. The van der Waals surface area contributed by atoms with E-state index in [1.165, 1.54) is 11.3 Å². The van der Waals surface area contributed by atoms with Crippen molar-refractivity contribution >= 4 is 33.0 Å². The number of nitrogens with zero attached hydrogens (tertiary/aromatic N) is 1. The molecule has 0 fully saturated rings. The van der Waals surface area contributed by atoms with Crippen molar-refractivity contribution in [2.75, 3.05) is 0 Å². The average Bonchev–Trinajstić information content (AvgIpc) is 2.60. The molecular formula is C12H10BrNOS. The van der Waals surface area contributed by atoms with Crippen LogP contribution < -0.4 is 0 Å². The smallest absolute Gasteiger partial charge is 0.171 e. The first-order valence-corrected chi connectivity index (χ1v) is 6.43. The molecule has 0 spiro atoms. The number of hydrogen-bond donors (Lipinski definition) is 0. The van der Waals surface area contributed by atoms with Gasteiger partial charge in [-0.15, -0.1) is 11.3 Å². The third-order valence-corrected chi connectivity index (χ3v) is 3.99. The van der Waals surface area contributed by atoms with Crippen LogP contribution in [-0.2, 0) is 0 Å². The zero-order valence-corrected chi connectivity index (χ0v) is 11.4. The first-order valence-electron chi connectivity index (χ1n) is 4.82. The van der Waals surface area contributed by atoms with Gasteiger partial charge >= 0.3 is 0 Å². The molecule has 16 heavy (non-hydrogen) atoms. The van der Waals surface area contributed by atoms with Gasteiger partial charge in [-0.3, -0.25) is 4.79 Å². The van der Waals surface area contributed by atoms with Gasteiger partial charge in [-0.2, -0.15) is 0 Å². The molecule has 4 heteroatoms. The van der Waals surface area contributed by atoms with Gasteiger partial charge in [-0.25, -0.2) is 4.98 Å². The number of aryl methyl sites for hydroxylation is 1. The number of aromatic nitrogens is 1. The minimum absolute atomic E-state index is 0.0799. The van der Waals surface area contributed by atoms with Crippen LogP contribution in [0.3, 0.4) is 0 Å². The molecule has 0 N–H and O–H groups in total. The normalized spacial score (nSPS) is 10.4. The standard InChI is InChI=1S/C12H10BrNOS/c1-7-11(8(2)15)16-12(14-7)9-4-3-5-10(13)6-9/h3-6H,1-2H3. The molecule has 1 heterocycles. The maximum absolute atomic E-state index is 11.3. The summed E-state index contributed by atoms with van der Waals surface area (Å²) in [5.41, 5.74) is 1.85. The summed E-state index contributed by atoms with van der Waals surface area (Å²) in [6.07, 6.45) is 0. The van der Waals surface area contributed by atoms with Crippen LogP contribution >= 0.6 is 27.3 Å². The lowest BCUT2D eigenvalue weighted by atomic mass is 10.2. The first kappa shape index (κ1) is 11.5. The summed E-state index contributed by atoms with van der Waals surface area (Å²) in [5.74, 6) is 0.0799. The van der Waals surface area contributed by atoms with Gasteiger partial charge in [0.1, 0.15) is 5.01 Å². The Labute approximate surface area is 106 Å². The number of rotatable bonds is 2. The Morgan fingerprint density at radius 1 is 1.44 bits per heavy atom. The van der Waals surface area contributed by atoms with E-state index >= 15 is 0 Å². The Kier molecular flexibility index (Phi) is 3.21. The van der Waals surface area contributed by atoms with Gasteiger partial charge in [0.25, 0.3) is 0 Å². The maximum atomic E-state index is 11.3. The van der Waals surface area contributed by atoms with E-state index in [1.54, 1.807) is 6.92 Å².